The number of anilines is 4. The van der Waals surface area contributed by atoms with Gasteiger partial charge in [0.2, 0.25) is 29.2 Å². The first-order chi connectivity index (χ1) is 52.8. The van der Waals surface area contributed by atoms with Crippen LogP contribution in [0.15, 0.2) is 94.6 Å². The summed E-state index contributed by atoms with van der Waals surface area (Å²) in [5.41, 5.74) is 15.0. The zero-order valence-corrected chi connectivity index (χ0v) is 64.0. The van der Waals surface area contributed by atoms with E-state index in [-0.39, 0.29) is 72.0 Å². The van der Waals surface area contributed by atoms with Crippen LogP contribution in [0.1, 0.15) is 124 Å². The standard InChI is InChI=1S/C76H96FN17O16S/c1-9-25-80-73(104)84-47-15-12-17-49(34-47)111(107,108)89-48-16-11-14-44(33-48)56(38-63(97)98)87-75(106)83-46-21-19-45(20-22-46)82-74(105)81-26-28-90(6)29-30-91(7)31-32-92(8)40-62(96)85-58(37-61(79)95)70(101)93-27-13-18-59(93)68(99)88-66(42(3)4)71(102)110-76(10-2)53-35-60-67-51(39-94(60)69(100)52(53)41-109-72(76)103)64-55(78)24-23-50-43(5)54(77)36-57(86-67)65(50)64/h11-12,14-17,19-22,33-36,42,55-56,58-59,66,89H,9-10,13,18,23-32,37-41,78H2,1-8H3,(H2,79,95)(H,85,96)(H,88,99)(H,97,98)(H2,80,84,104)(H2,81,82,105)(H2,83,87,106)/t55-,56+,58-,59-,66-,76-/m0/s1. The molecule has 14 N–H and O–H groups in total. The van der Waals surface area contributed by atoms with Gasteiger partial charge in [0.25, 0.3) is 15.6 Å². The van der Waals surface area contributed by atoms with Gasteiger partial charge in [-0.05, 0) is 155 Å². The Morgan fingerprint density at radius 2 is 1.41 bits per heavy atom. The van der Waals surface area contributed by atoms with Crippen LogP contribution >= 0.6 is 0 Å². The number of carbonyl (C=O) groups excluding carboxylic acids is 9. The lowest BCUT2D eigenvalue weighted by molar-refractivity contribution is -0.191. The van der Waals surface area contributed by atoms with Gasteiger partial charge in [-0.3, -0.25) is 38.4 Å². The van der Waals surface area contributed by atoms with E-state index in [9.17, 15) is 66.3 Å². The van der Waals surface area contributed by atoms with Crippen molar-refractivity contribution in [2.75, 3.05) is 101 Å². The van der Waals surface area contributed by atoms with E-state index >= 15 is 4.39 Å². The summed E-state index contributed by atoms with van der Waals surface area (Å²) in [5.74, 6) is -7.25. The maximum atomic E-state index is 15.4. The lowest BCUT2D eigenvalue weighted by atomic mass is 9.82. The second-order valence-electron chi connectivity index (χ2n) is 28.7. The summed E-state index contributed by atoms with van der Waals surface area (Å²) < 4.78 is 58.0. The predicted molar refractivity (Wildman–Crippen MR) is 410 cm³/mol. The molecule has 0 unspecified atom stereocenters. The topological polar surface area (TPSA) is 452 Å². The number of esters is 2. The first-order valence-electron chi connectivity index (χ1n) is 36.8. The highest BCUT2D eigenvalue weighted by molar-refractivity contribution is 7.92. The number of nitrogens with one attached hydrogen (secondary N) is 9. The van der Waals surface area contributed by atoms with Crippen LogP contribution < -0.4 is 64.3 Å². The highest BCUT2D eigenvalue weighted by Crippen LogP contribution is 2.46. The molecule has 0 bridgehead atoms. The second-order valence-corrected chi connectivity index (χ2v) is 30.4. The quantitative estimate of drug-likeness (QED) is 0.0246. The Bertz CT molecular complexity index is 4780. The molecule has 35 heteroatoms. The first kappa shape index (κ1) is 82.4. The summed E-state index contributed by atoms with van der Waals surface area (Å²) in [6, 6.07) is 13.3. The van der Waals surface area contributed by atoms with Crippen LogP contribution in [0.2, 0.25) is 0 Å². The number of hydrogen-bond donors (Lipinski definition) is 12. The zero-order chi connectivity index (χ0) is 80.3. The van der Waals surface area contributed by atoms with Gasteiger partial charge >= 0.3 is 36.0 Å². The van der Waals surface area contributed by atoms with Gasteiger partial charge in [-0.25, -0.2) is 41.8 Å². The summed E-state index contributed by atoms with van der Waals surface area (Å²) in [7, 11) is 1.31. The molecule has 33 nitrogen and oxygen atoms in total. The average molecular weight is 1550 g/mol. The lowest BCUT2D eigenvalue weighted by Crippen LogP contribution is -2.58. The number of likely N-dealkylation sites (N-methyl/N-ethyl adjacent to an activating group) is 3. The number of sulfonamides is 1. The third kappa shape index (κ3) is 19.5. The van der Waals surface area contributed by atoms with Crippen molar-refractivity contribution in [2.45, 2.75) is 140 Å². The molecule has 2 aromatic heterocycles. The predicted octanol–water partition coefficient (Wildman–Crippen LogP) is 4.80. The Kier molecular flexibility index (Phi) is 26.5. The number of aliphatic carboxylic acids is 1. The van der Waals surface area contributed by atoms with Crippen LogP contribution in [-0.4, -0.2) is 200 Å². The number of hydrogen-bond acceptors (Lipinski definition) is 20. The number of carbonyl (C=O) groups is 10. The van der Waals surface area contributed by atoms with Crippen molar-refractivity contribution in [2.24, 2.45) is 17.4 Å². The van der Waals surface area contributed by atoms with Gasteiger partial charge in [-0.15, -0.1) is 0 Å². The largest absolute Gasteiger partial charge is 0.481 e. The molecular weight excluding hydrogens is 1460 g/mol. The molecule has 6 atom stereocenters. The maximum absolute atomic E-state index is 15.4. The number of benzene rings is 4. The van der Waals surface area contributed by atoms with Crippen molar-refractivity contribution in [3.63, 3.8) is 0 Å². The monoisotopic (exact) mass is 1550 g/mol. The van der Waals surface area contributed by atoms with Crippen LogP contribution in [0.25, 0.3) is 22.3 Å². The number of cyclic esters (lactones) is 1. The lowest BCUT2D eigenvalue weighted by Gasteiger charge is -2.37. The fourth-order valence-corrected chi connectivity index (χ4v) is 15.3. The van der Waals surface area contributed by atoms with E-state index in [1.807, 2.05) is 30.8 Å². The zero-order valence-electron chi connectivity index (χ0n) is 63.2. The van der Waals surface area contributed by atoms with Crippen LogP contribution in [-0.2, 0) is 78.2 Å². The minimum Gasteiger partial charge on any atom is -0.481 e. The van der Waals surface area contributed by atoms with E-state index in [4.69, 9.17) is 25.9 Å². The molecule has 4 aliphatic rings. The van der Waals surface area contributed by atoms with Crippen LogP contribution in [0, 0.1) is 18.7 Å². The molecule has 1 aliphatic carbocycles. The molecule has 3 aliphatic heterocycles. The summed E-state index contributed by atoms with van der Waals surface area (Å²) in [5, 5.41) is 31.9. The van der Waals surface area contributed by atoms with Crippen LogP contribution in [0.3, 0.4) is 0 Å². The van der Waals surface area contributed by atoms with Gasteiger partial charge in [0, 0.05) is 104 Å². The number of rotatable bonds is 33. The summed E-state index contributed by atoms with van der Waals surface area (Å²) in [6.07, 6.45) is 1.01. The molecule has 1 fully saturated rings. The Labute approximate surface area is 640 Å². The number of primary amides is 1. The Balaban J connectivity index is 0.650. The number of aryl methyl sites for hydroxylation is 1. The number of nitrogens with zero attached hydrogens (tertiary/aromatic N) is 6. The van der Waals surface area contributed by atoms with E-state index in [2.05, 4.69) is 47.3 Å². The van der Waals surface area contributed by atoms with Crippen molar-refractivity contribution in [1.29, 1.82) is 0 Å². The molecule has 0 radical (unpaired) electrons. The van der Waals surface area contributed by atoms with Gasteiger partial charge in [0.05, 0.1) is 59.3 Å². The summed E-state index contributed by atoms with van der Waals surface area (Å²) in [4.78, 5) is 160. The third-order valence-corrected chi connectivity index (χ3v) is 21.6. The number of ether oxygens (including phenoxy) is 2. The van der Waals surface area contributed by atoms with Gasteiger partial charge in [-0.2, -0.15) is 0 Å². The number of halogens is 1. The van der Waals surface area contributed by atoms with Crippen molar-refractivity contribution in [3.8, 4) is 11.4 Å². The normalized spacial score (nSPS) is 17.0. The third-order valence-electron chi connectivity index (χ3n) is 20.2. The Morgan fingerprint density at radius 1 is 0.766 bits per heavy atom. The number of nitrogens with two attached hydrogens (primary N) is 2. The fraction of sp³-hybridized carbons (Fsp3) is 0.447. The highest BCUT2D eigenvalue weighted by atomic mass is 32.2. The van der Waals surface area contributed by atoms with E-state index in [1.54, 1.807) is 57.8 Å². The van der Waals surface area contributed by atoms with Gasteiger partial charge < -0.3 is 87.8 Å². The van der Waals surface area contributed by atoms with E-state index in [0.29, 0.717) is 104 Å². The number of pyridine rings is 2. The number of fused-ring (bicyclic) bond motifs is 5. The van der Waals surface area contributed by atoms with Gasteiger partial charge in [0.15, 0.2) is 0 Å². The van der Waals surface area contributed by atoms with Gasteiger partial charge in [0.1, 0.15) is 30.5 Å². The molecule has 594 valence electrons. The Morgan fingerprint density at radius 3 is 2.08 bits per heavy atom. The van der Waals surface area contributed by atoms with Crippen molar-refractivity contribution < 1.29 is 75.3 Å². The molecule has 6 aromatic rings. The molecule has 5 heterocycles. The smallest absolute Gasteiger partial charge is 0.355 e. The molecule has 0 spiro atoms. The SMILES string of the molecule is CCCNC(=O)Nc1cccc(S(=O)(=O)Nc2cccc([C@@H](CC(=O)O)NC(=O)Nc3ccc(NC(=O)NCCN(C)CCN(C)CCN(C)CC(=O)N[C@@H](CC(N)=O)C(=O)N4CCC[C@H]4C(=O)N[C@H](C(=O)O[C@]4(CC)C(=O)OCc5c4cc4n(c5=O)Cc5c-4nc4cc(F)c(C)c6c4c5[C@@H](N)CC6)C(C)C)cc3)c2)c1. The number of urea groups is 3. The second kappa shape index (κ2) is 35.7. The minimum absolute atomic E-state index is 0.0669. The van der Waals surface area contributed by atoms with Gasteiger partial charge in [-0.1, -0.05) is 45.9 Å². The summed E-state index contributed by atoms with van der Waals surface area (Å²) in [6.45, 7) is 11.4. The molecule has 10 rings (SSSR count). The number of carboxylic acids is 1. The minimum atomic E-state index is -4.19. The number of amides is 10. The fourth-order valence-electron chi connectivity index (χ4n) is 14.2. The molecule has 4 aromatic carbocycles. The van der Waals surface area contributed by atoms with Crippen molar-refractivity contribution in [3.05, 3.63) is 140 Å². The van der Waals surface area contributed by atoms with Crippen molar-refractivity contribution in [1.82, 2.24) is 55.7 Å². The van der Waals surface area contributed by atoms with Crippen LogP contribution in [0.5, 0.6) is 0 Å². The molecule has 1 saturated heterocycles. The number of aromatic nitrogens is 2. The highest BCUT2D eigenvalue weighted by Gasteiger charge is 2.52. The molecular formula is C76H96FN17O16S. The van der Waals surface area contributed by atoms with E-state index < -0.39 is 142 Å². The van der Waals surface area contributed by atoms with Crippen LogP contribution in [0.4, 0.5) is 41.5 Å². The molecule has 10 amide bonds. The van der Waals surface area contributed by atoms with E-state index in [0.717, 1.165) is 16.5 Å². The Hall–Kier alpha value is -11.1. The molecule has 0 saturated carbocycles. The molecule has 111 heavy (non-hydrogen) atoms. The number of carboxylic acid groups (broad SMARTS) is 1. The van der Waals surface area contributed by atoms with Crippen molar-refractivity contribution >= 4 is 103 Å². The average Bonchev–Trinajstić information content (AvgIpc) is 1.58. The summed E-state index contributed by atoms with van der Waals surface area (Å²) >= 11 is 0. The maximum Gasteiger partial charge on any atom is 0.355 e. The number of likely N-dealkylation sites (tertiary alicyclic amines) is 1. The first-order valence-corrected chi connectivity index (χ1v) is 38.3. The van der Waals surface area contributed by atoms with E-state index in [1.165, 1.54) is 76.2 Å².